The van der Waals surface area contributed by atoms with Crippen LogP contribution < -0.4 is 0 Å². The third-order valence-corrected chi connectivity index (χ3v) is 4.24. The Morgan fingerprint density at radius 3 is 3.14 bits per heavy atom. The van der Waals surface area contributed by atoms with E-state index in [1.165, 1.54) is 0 Å². The van der Waals surface area contributed by atoms with E-state index in [2.05, 4.69) is 10.1 Å². The van der Waals surface area contributed by atoms with E-state index in [1.807, 2.05) is 28.8 Å². The summed E-state index contributed by atoms with van der Waals surface area (Å²) in [5.74, 6) is -0.332. The molecule has 2 aromatic heterocycles. The third-order valence-electron chi connectivity index (χ3n) is 3.56. The molecule has 0 amide bonds. The molecular formula is C13H15N3O4S. The predicted molar refractivity (Wildman–Crippen MR) is 74.8 cm³/mol. The summed E-state index contributed by atoms with van der Waals surface area (Å²) in [6.07, 6.45) is 0. The monoisotopic (exact) mass is 309 g/mol. The van der Waals surface area contributed by atoms with Crippen molar-refractivity contribution in [3.05, 3.63) is 22.7 Å². The maximum Gasteiger partial charge on any atom is 0.310 e. The third kappa shape index (κ3) is 2.97. The minimum absolute atomic E-state index is 0.175. The summed E-state index contributed by atoms with van der Waals surface area (Å²) in [4.78, 5) is 17.4. The molecule has 2 aromatic rings. The summed E-state index contributed by atoms with van der Waals surface area (Å²) in [6.45, 7) is 1.07. The van der Waals surface area contributed by atoms with Gasteiger partial charge in [0, 0.05) is 11.4 Å². The summed E-state index contributed by atoms with van der Waals surface area (Å²) in [7, 11) is 1.84. The van der Waals surface area contributed by atoms with Crippen LogP contribution in [0.2, 0.25) is 0 Å². The van der Waals surface area contributed by atoms with E-state index in [1.54, 1.807) is 11.3 Å². The number of carboxylic acids is 1. The fourth-order valence-corrected chi connectivity index (χ4v) is 3.00. The molecule has 8 heteroatoms. The Morgan fingerprint density at radius 1 is 1.57 bits per heavy atom. The highest BCUT2D eigenvalue weighted by Crippen LogP contribution is 2.22. The van der Waals surface area contributed by atoms with Gasteiger partial charge in [-0.05, 0) is 18.5 Å². The topological polar surface area (TPSA) is 88.7 Å². The number of rotatable bonds is 5. The first-order valence-corrected chi connectivity index (χ1v) is 7.45. The van der Waals surface area contributed by atoms with Gasteiger partial charge in [0.1, 0.15) is 0 Å². The maximum absolute atomic E-state index is 11.2. The van der Waals surface area contributed by atoms with Crippen LogP contribution in [0.15, 0.2) is 21.3 Å². The van der Waals surface area contributed by atoms with Crippen molar-refractivity contribution in [3.63, 3.8) is 0 Å². The number of ether oxygens (including phenoxy) is 1. The Balaban J connectivity index is 1.67. The lowest BCUT2D eigenvalue weighted by atomic mass is 10.0. The summed E-state index contributed by atoms with van der Waals surface area (Å²) >= 11 is 1.56. The van der Waals surface area contributed by atoms with Crippen molar-refractivity contribution < 1.29 is 19.2 Å². The highest BCUT2D eigenvalue weighted by molar-refractivity contribution is 7.08. The molecule has 3 heterocycles. The van der Waals surface area contributed by atoms with E-state index < -0.39 is 11.9 Å². The van der Waals surface area contributed by atoms with Crippen LogP contribution in [0.3, 0.4) is 0 Å². The summed E-state index contributed by atoms with van der Waals surface area (Å²) in [5.41, 5.74) is 0.897. The molecule has 0 aromatic carbocycles. The van der Waals surface area contributed by atoms with E-state index in [9.17, 15) is 9.90 Å². The van der Waals surface area contributed by atoms with Crippen LogP contribution in [0, 0.1) is 5.92 Å². The molecule has 0 aliphatic carbocycles. The lowest BCUT2D eigenvalue weighted by molar-refractivity contribution is -0.143. The quantitative estimate of drug-likeness (QED) is 0.891. The average Bonchev–Trinajstić information content (AvgIpc) is 3.19. The largest absolute Gasteiger partial charge is 0.481 e. The van der Waals surface area contributed by atoms with Gasteiger partial charge in [-0.1, -0.05) is 5.16 Å². The molecule has 1 saturated heterocycles. The smallest absolute Gasteiger partial charge is 0.310 e. The Bertz CT molecular complexity index is 613. The highest BCUT2D eigenvalue weighted by atomic mass is 32.1. The van der Waals surface area contributed by atoms with Gasteiger partial charge in [0.2, 0.25) is 0 Å². The molecule has 1 aliphatic heterocycles. The van der Waals surface area contributed by atoms with Crippen molar-refractivity contribution in [1.29, 1.82) is 0 Å². The van der Waals surface area contributed by atoms with Crippen LogP contribution in [0.5, 0.6) is 0 Å². The molecule has 0 bridgehead atoms. The summed E-state index contributed by atoms with van der Waals surface area (Å²) in [5, 5.41) is 17.0. The van der Waals surface area contributed by atoms with E-state index in [0.29, 0.717) is 24.9 Å². The summed E-state index contributed by atoms with van der Waals surface area (Å²) in [6, 6.07) is 1.74. The molecule has 0 spiro atoms. The fraction of sp³-hybridized carbons (Fsp3) is 0.462. The van der Waals surface area contributed by atoms with Crippen LogP contribution in [0.25, 0.3) is 11.5 Å². The number of nitrogens with zero attached hydrogens (tertiary/aromatic N) is 3. The molecule has 7 nitrogen and oxygen atoms in total. The number of aliphatic carboxylic acids is 1. The minimum atomic E-state index is -0.837. The Labute approximate surface area is 125 Å². The van der Waals surface area contributed by atoms with Crippen molar-refractivity contribution in [1.82, 2.24) is 15.0 Å². The standard InChI is InChI=1S/C13H15N3O4S/c1-16(10-6-19-5-9(10)13(17)18)4-11-14-12(20-15-11)8-2-3-21-7-8/h2-3,7,9-10H,4-6H2,1H3,(H,17,18). The number of aromatic nitrogens is 2. The number of likely N-dealkylation sites (N-methyl/N-ethyl adjacent to an activating group) is 1. The molecule has 1 fully saturated rings. The van der Waals surface area contributed by atoms with E-state index >= 15 is 0 Å². The van der Waals surface area contributed by atoms with E-state index in [4.69, 9.17) is 9.26 Å². The van der Waals surface area contributed by atoms with Crippen LogP contribution in [0.1, 0.15) is 5.82 Å². The first-order chi connectivity index (χ1) is 10.1. The first kappa shape index (κ1) is 14.2. The zero-order valence-corrected chi connectivity index (χ0v) is 12.2. The van der Waals surface area contributed by atoms with Gasteiger partial charge in [0.25, 0.3) is 5.89 Å². The molecule has 0 radical (unpaired) electrons. The Kier molecular flexibility index (Phi) is 4.00. The number of hydrogen-bond donors (Lipinski definition) is 1. The molecule has 21 heavy (non-hydrogen) atoms. The molecule has 112 valence electrons. The number of carbonyl (C=O) groups is 1. The molecule has 0 saturated carbocycles. The normalized spacial score (nSPS) is 22.0. The Morgan fingerprint density at radius 2 is 2.43 bits per heavy atom. The van der Waals surface area contributed by atoms with Crippen molar-refractivity contribution >= 4 is 17.3 Å². The predicted octanol–water partition coefficient (Wildman–Crippen LogP) is 1.33. The summed E-state index contributed by atoms with van der Waals surface area (Å²) < 4.78 is 10.5. The Hall–Kier alpha value is -1.77. The van der Waals surface area contributed by atoms with Gasteiger partial charge in [-0.2, -0.15) is 16.3 Å². The fourth-order valence-electron chi connectivity index (χ4n) is 2.38. The SMILES string of the molecule is CN(Cc1noc(-c2ccsc2)n1)C1COCC1C(=O)O. The van der Waals surface area contributed by atoms with Gasteiger partial charge in [-0.15, -0.1) is 0 Å². The van der Waals surface area contributed by atoms with Crippen LogP contribution in [0.4, 0.5) is 0 Å². The lowest BCUT2D eigenvalue weighted by Crippen LogP contribution is -2.40. The second-order valence-corrected chi connectivity index (χ2v) is 5.77. The van der Waals surface area contributed by atoms with Crippen LogP contribution in [-0.4, -0.2) is 52.4 Å². The van der Waals surface area contributed by atoms with Crippen molar-refractivity contribution in [2.24, 2.45) is 5.92 Å². The van der Waals surface area contributed by atoms with Gasteiger partial charge in [0.05, 0.1) is 31.2 Å². The van der Waals surface area contributed by atoms with Gasteiger partial charge in [0.15, 0.2) is 5.82 Å². The van der Waals surface area contributed by atoms with Gasteiger partial charge in [-0.25, -0.2) is 0 Å². The van der Waals surface area contributed by atoms with Crippen molar-refractivity contribution in [3.8, 4) is 11.5 Å². The molecular weight excluding hydrogens is 294 g/mol. The first-order valence-electron chi connectivity index (χ1n) is 6.51. The molecule has 1 aliphatic rings. The van der Waals surface area contributed by atoms with Gasteiger partial charge >= 0.3 is 5.97 Å². The highest BCUT2D eigenvalue weighted by Gasteiger charge is 2.37. The second kappa shape index (κ2) is 5.92. The van der Waals surface area contributed by atoms with Crippen LogP contribution >= 0.6 is 11.3 Å². The van der Waals surface area contributed by atoms with Gasteiger partial charge in [-0.3, -0.25) is 9.69 Å². The molecule has 1 N–H and O–H groups in total. The average molecular weight is 309 g/mol. The number of carboxylic acid groups (broad SMARTS) is 1. The van der Waals surface area contributed by atoms with Crippen molar-refractivity contribution in [2.45, 2.75) is 12.6 Å². The van der Waals surface area contributed by atoms with E-state index in [-0.39, 0.29) is 12.6 Å². The zero-order valence-electron chi connectivity index (χ0n) is 11.4. The maximum atomic E-state index is 11.2. The molecule has 3 rings (SSSR count). The van der Waals surface area contributed by atoms with Crippen molar-refractivity contribution in [2.75, 3.05) is 20.3 Å². The van der Waals surface area contributed by atoms with E-state index in [0.717, 1.165) is 5.56 Å². The van der Waals surface area contributed by atoms with Crippen LogP contribution in [-0.2, 0) is 16.1 Å². The number of hydrogen-bond acceptors (Lipinski definition) is 7. The zero-order chi connectivity index (χ0) is 14.8. The second-order valence-electron chi connectivity index (χ2n) is 4.99. The van der Waals surface area contributed by atoms with Gasteiger partial charge < -0.3 is 14.4 Å². The lowest BCUT2D eigenvalue weighted by Gasteiger charge is -2.24. The molecule has 2 atom stereocenters. The minimum Gasteiger partial charge on any atom is -0.481 e. The molecule has 2 unspecified atom stereocenters. The number of thiophene rings is 1.